The Bertz CT molecular complexity index is 1090. The van der Waals surface area contributed by atoms with Crippen LogP contribution in [0, 0.1) is 10.1 Å². The fraction of sp³-hybridized carbons (Fsp3) is 0.208. The number of rotatable bonds is 10. The first kappa shape index (κ1) is 23.2. The van der Waals surface area contributed by atoms with Gasteiger partial charge in [0.05, 0.1) is 18.1 Å². The first-order valence-electron chi connectivity index (χ1n) is 10.0. The van der Waals surface area contributed by atoms with Gasteiger partial charge >= 0.3 is 0 Å². The SMILES string of the molecule is COCCN(Cc1cccn1Cc1cccc(Cl)c1)C(=O)/C=C/c1ccc([N+](=O)[O-])cc1. The Kier molecular flexibility index (Phi) is 8.19. The number of nitrogens with zero attached hydrogens (tertiary/aromatic N) is 3. The smallest absolute Gasteiger partial charge is 0.269 e. The number of non-ortho nitro benzene ring substituents is 1. The number of ether oxygens (including phenoxy) is 1. The van der Waals surface area contributed by atoms with E-state index in [2.05, 4.69) is 4.57 Å². The second kappa shape index (κ2) is 11.3. The fourth-order valence-electron chi connectivity index (χ4n) is 3.22. The second-order valence-corrected chi connectivity index (χ2v) is 7.63. The molecule has 32 heavy (non-hydrogen) atoms. The van der Waals surface area contributed by atoms with Crippen molar-refractivity contribution in [3.63, 3.8) is 0 Å². The Morgan fingerprint density at radius 2 is 1.97 bits per heavy atom. The molecule has 2 aromatic carbocycles. The van der Waals surface area contributed by atoms with Gasteiger partial charge in [-0.3, -0.25) is 14.9 Å². The van der Waals surface area contributed by atoms with E-state index in [9.17, 15) is 14.9 Å². The average molecular weight is 454 g/mol. The molecule has 0 aliphatic carbocycles. The Hall–Kier alpha value is -3.42. The van der Waals surface area contributed by atoms with Crippen molar-refractivity contribution >= 4 is 29.3 Å². The molecule has 166 valence electrons. The van der Waals surface area contributed by atoms with E-state index < -0.39 is 4.92 Å². The fourth-order valence-corrected chi connectivity index (χ4v) is 3.44. The Labute approximate surface area is 191 Å². The van der Waals surface area contributed by atoms with Gasteiger partial charge in [-0.05, 0) is 53.6 Å². The molecule has 0 bridgehead atoms. The number of hydrogen-bond donors (Lipinski definition) is 0. The summed E-state index contributed by atoms with van der Waals surface area (Å²) in [6.45, 7) is 1.91. The quantitative estimate of drug-likeness (QED) is 0.251. The molecule has 3 rings (SSSR count). The first-order valence-corrected chi connectivity index (χ1v) is 10.4. The number of halogens is 1. The number of methoxy groups -OCH3 is 1. The second-order valence-electron chi connectivity index (χ2n) is 7.19. The molecule has 0 atom stereocenters. The van der Waals surface area contributed by atoms with E-state index in [0.717, 1.165) is 11.3 Å². The molecule has 7 nitrogen and oxygen atoms in total. The molecule has 0 spiro atoms. The Morgan fingerprint density at radius 1 is 1.19 bits per heavy atom. The molecule has 1 aromatic heterocycles. The molecule has 0 saturated heterocycles. The van der Waals surface area contributed by atoms with Gasteiger partial charge in [-0.25, -0.2) is 0 Å². The normalized spacial score (nSPS) is 11.1. The maximum absolute atomic E-state index is 12.9. The number of carbonyl (C=O) groups is 1. The topological polar surface area (TPSA) is 77.6 Å². The summed E-state index contributed by atoms with van der Waals surface area (Å²) in [5.74, 6) is -0.170. The van der Waals surface area contributed by atoms with Crippen molar-refractivity contribution in [3.05, 3.63) is 105 Å². The van der Waals surface area contributed by atoms with Gasteiger partial charge in [0.15, 0.2) is 0 Å². The maximum Gasteiger partial charge on any atom is 0.269 e. The molecule has 0 N–H and O–H groups in total. The molecule has 0 unspecified atom stereocenters. The minimum absolute atomic E-state index is 0.00987. The predicted molar refractivity (Wildman–Crippen MR) is 124 cm³/mol. The van der Waals surface area contributed by atoms with Crippen LogP contribution in [0.25, 0.3) is 6.08 Å². The maximum atomic E-state index is 12.9. The molecule has 3 aromatic rings. The third-order valence-electron chi connectivity index (χ3n) is 4.92. The van der Waals surface area contributed by atoms with Crippen molar-refractivity contribution in [2.45, 2.75) is 13.1 Å². The highest BCUT2D eigenvalue weighted by Crippen LogP contribution is 2.16. The van der Waals surface area contributed by atoms with Gasteiger partial charge < -0.3 is 14.2 Å². The highest BCUT2D eigenvalue weighted by Gasteiger charge is 2.14. The molecule has 0 fully saturated rings. The van der Waals surface area contributed by atoms with Gasteiger partial charge in [-0.15, -0.1) is 0 Å². The summed E-state index contributed by atoms with van der Waals surface area (Å²) in [7, 11) is 1.59. The van der Waals surface area contributed by atoms with Crippen LogP contribution in [0.5, 0.6) is 0 Å². The lowest BCUT2D eigenvalue weighted by atomic mass is 10.2. The standard InChI is InChI=1S/C24H24ClN3O4/c1-32-15-14-27(24(29)12-9-19-7-10-22(11-8-19)28(30)31)18-23-6-3-13-26(23)17-20-4-2-5-21(25)16-20/h2-13,16H,14-15,17-18H2,1H3/b12-9+. The van der Waals surface area contributed by atoms with Crippen LogP contribution in [-0.4, -0.2) is 40.6 Å². The van der Waals surface area contributed by atoms with Gasteiger partial charge in [-0.2, -0.15) is 0 Å². The summed E-state index contributed by atoms with van der Waals surface area (Å²) in [6.07, 6.45) is 5.10. The van der Waals surface area contributed by atoms with E-state index >= 15 is 0 Å². The lowest BCUT2D eigenvalue weighted by Gasteiger charge is -2.22. The zero-order valence-electron chi connectivity index (χ0n) is 17.7. The molecule has 0 radical (unpaired) electrons. The van der Waals surface area contributed by atoms with Gasteiger partial charge in [0.1, 0.15) is 0 Å². The number of nitro groups is 1. The predicted octanol–water partition coefficient (Wildman–Crippen LogP) is 4.79. The average Bonchev–Trinajstić information content (AvgIpc) is 3.21. The summed E-state index contributed by atoms with van der Waals surface area (Å²) in [5, 5.41) is 11.5. The molecule has 0 aliphatic rings. The largest absolute Gasteiger partial charge is 0.383 e. The monoisotopic (exact) mass is 453 g/mol. The van der Waals surface area contributed by atoms with Crippen LogP contribution in [-0.2, 0) is 22.6 Å². The van der Waals surface area contributed by atoms with Crippen molar-refractivity contribution < 1.29 is 14.5 Å². The van der Waals surface area contributed by atoms with Crippen molar-refractivity contribution in [3.8, 4) is 0 Å². The summed E-state index contributed by atoms with van der Waals surface area (Å²) in [4.78, 5) is 24.9. The van der Waals surface area contributed by atoms with Crippen molar-refractivity contribution in [1.29, 1.82) is 0 Å². The van der Waals surface area contributed by atoms with Crippen molar-refractivity contribution in [2.75, 3.05) is 20.3 Å². The molecular weight excluding hydrogens is 430 g/mol. The van der Waals surface area contributed by atoms with Gasteiger partial charge in [-0.1, -0.05) is 23.7 Å². The van der Waals surface area contributed by atoms with Gasteiger partial charge in [0, 0.05) is 55.3 Å². The third kappa shape index (κ3) is 6.54. The highest BCUT2D eigenvalue weighted by atomic mass is 35.5. The lowest BCUT2D eigenvalue weighted by molar-refractivity contribution is -0.384. The lowest BCUT2D eigenvalue weighted by Crippen LogP contribution is -2.33. The summed E-state index contributed by atoms with van der Waals surface area (Å²) in [6, 6.07) is 17.7. The van der Waals surface area contributed by atoms with Crippen LogP contribution in [0.2, 0.25) is 5.02 Å². The van der Waals surface area contributed by atoms with Crippen molar-refractivity contribution in [2.24, 2.45) is 0 Å². The summed E-state index contributed by atoms with van der Waals surface area (Å²) >= 11 is 6.10. The Balaban J connectivity index is 1.72. The summed E-state index contributed by atoms with van der Waals surface area (Å²) in [5.41, 5.74) is 2.77. The number of benzene rings is 2. The van der Waals surface area contributed by atoms with E-state index in [-0.39, 0.29) is 11.6 Å². The van der Waals surface area contributed by atoms with Gasteiger partial charge in [0.2, 0.25) is 5.91 Å². The minimum Gasteiger partial charge on any atom is -0.383 e. The molecule has 1 heterocycles. The first-order chi connectivity index (χ1) is 15.5. The number of nitro benzene ring substituents is 1. The number of aromatic nitrogens is 1. The highest BCUT2D eigenvalue weighted by molar-refractivity contribution is 6.30. The van der Waals surface area contributed by atoms with Crippen LogP contribution in [0.4, 0.5) is 5.69 Å². The van der Waals surface area contributed by atoms with Crippen molar-refractivity contribution in [1.82, 2.24) is 9.47 Å². The zero-order valence-corrected chi connectivity index (χ0v) is 18.4. The summed E-state index contributed by atoms with van der Waals surface area (Å²) < 4.78 is 7.26. The molecule has 8 heteroatoms. The van der Waals surface area contributed by atoms with E-state index in [1.807, 2.05) is 42.6 Å². The zero-order chi connectivity index (χ0) is 22.9. The number of hydrogen-bond acceptors (Lipinski definition) is 4. The Morgan fingerprint density at radius 3 is 2.66 bits per heavy atom. The van der Waals surface area contributed by atoms with E-state index in [0.29, 0.717) is 36.8 Å². The molecular formula is C24H24ClN3O4. The van der Waals surface area contributed by atoms with Crippen LogP contribution in [0.15, 0.2) is 72.9 Å². The van der Waals surface area contributed by atoms with E-state index in [4.69, 9.17) is 16.3 Å². The molecule has 0 aliphatic heterocycles. The van der Waals surface area contributed by atoms with Gasteiger partial charge in [0.25, 0.3) is 5.69 Å². The van der Waals surface area contributed by atoms with Crippen LogP contribution < -0.4 is 0 Å². The van der Waals surface area contributed by atoms with Crippen LogP contribution in [0.3, 0.4) is 0 Å². The van der Waals surface area contributed by atoms with E-state index in [1.165, 1.54) is 18.2 Å². The minimum atomic E-state index is -0.455. The number of carbonyl (C=O) groups excluding carboxylic acids is 1. The van der Waals surface area contributed by atoms with E-state index in [1.54, 1.807) is 30.2 Å². The third-order valence-corrected chi connectivity index (χ3v) is 5.15. The van der Waals surface area contributed by atoms with Crippen LogP contribution in [0.1, 0.15) is 16.8 Å². The molecule has 1 amide bonds. The molecule has 0 saturated carbocycles. The van der Waals surface area contributed by atoms with Crippen LogP contribution >= 0.6 is 11.6 Å². The number of amides is 1.